The molecule has 0 saturated carbocycles. The number of rotatable bonds is 2. The Morgan fingerprint density at radius 3 is 2.93 bits per heavy atom. The van der Waals surface area contributed by atoms with Crippen molar-refractivity contribution < 1.29 is 14.3 Å². The topological polar surface area (TPSA) is 62.5 Å². The monoisotopic (exact) mass is 217 g/mol. The van der Waals surface area contributed by atoms with E-state index in [4.69, 9.17) is 9.52 Å². The molecule has 0 aliphatic carbocycles. The molecule has 78 valence electrons. The van der Waals surface area contributed by atoms with Crippen molar-refractivity contribution in [2.24, 2.45) is 5.92 Å². The Labute approximate surface area is 87.7 Å². The molecule has 1 fully saturated rings. The maximum absolute atomic E-state index is 10.8. The van der Waals surface area contributed by atoms with Crippen molar-refractivity contribution >= 4 is 18.4 Å². The summed E-state index contributed by atoms with van der Waals surface area (Å²) >= 11 is 0. The molecule has 0 radical (unpaired) electrons. The van der Waals surface area contributed by atoms with Gasteiger partial charge in [0.15, 0.2) is 0 Å². The number of hydrogen-bond acceptors (Lipinski definition) is 3. The van der Waals surface area contributed by atoms with E-state index in [1.807, 2.05) is 6.07 Å². The van der Waals surface area contributed by atoms with Gasteiger partial charge in [0.05, 0.1) is 18.4 Å². The van der Waals surface area contributed by atoms with Crippen molar-refractivity contribution in [3.63, 3.8) is 0 Å². The Morgan fingerprint density at radius 2 is 2.36 bits per heavy atom. The smallest absolute Gasteiger partial charge is 0.308 e. The van der Waals surface area contributed by atoms with Gasteiger partial charge in [0, 0.05) is 19.0 Å². The second-order valence-electron chi connectivity index (χ2n) is 3.27. The van der Waals surface area contributed by atoms with Gasteiger partial charge in [-0.15, -0.1) is 12.4 Å². The van der Waals surface area contributed by atoms with E-state index in [0.29, 0.717) is 6.54 Å². The molecule has 2 rings (SSSR count). The van der Waals surface area contributed by atoms with Crippen LogP contribution in [-0.2, 0) is 4.79 Å². The summed E-state index contributed by atoms with van der Waals surface area (Å²) in [6.07, 6.45) is 3.19. The number of carboxylic acids is 1. The minimum atomic E-state index is -0.740. The fraction of sp³-hybridized carbons (Fsp3) is 0.444. The fourth-order valence-corrected chi connectivity index (χ4v) is 1.77. The zero-order chi connectivity index (χ0) is 9.26. The molecule has 1 aliphatic heterocycles. The van der Waals surface area contributed by atoms with Crippen LogP contribution in [0.25, 0.3) is 0 Å². The lowest BCUT2D eigenvalue weighted by Gasteiger charge is -2.11. The molecule has 1 saturated heterocycles. The molecule has 4 nitrogen and oxygen atoms in total. The first-order valence-electron chi connectivity index (χ1n) is 4.24. The predicted molar refractivity (Wildman–Crippen MR) is 52.7 cm³/mol. The van der Waals surface area contributed by atoms with Gasteiger partial charge in [-0.2, -0.15) is 0 Å². The van der Waals surface area contributed by atoms with E-state index in [2.05, 4.69) is 5.32 Å². The predicted octanol–water partition coefficient (Wildman–Crippen LogP) is 1.09. The Hall–Kier alpha value is -1.00. The van der Waals surface area contributed by atoms with E-state index in [1.165, 1.54) is 0 Å². The van der Waals surface area contributed by atoms with Crippen LogP contribution in [0.4, 0.5) is 0 Å². The molecule has 0 amide bonds. The number of nitrogens with one attached hydrogen (secondary N) is 1. The number of furan rings is 1. The fourth-order valence-electron chi connectivity index (χ4n) is 1.77. The van der Waals surface area contributed by atoms with E-state index in [0.717, 1.165) is 12.1 Å². The number of aliphatic carboxylic acids is 1. The molecule has 0 bridgehead atoms. The quantitative estimate of drug-likeness (QED) is 0.779. The van der Waals surface area contributed by atoms with Crippen LogP contribution in [0.2, 0.25) is 0 Å². The first kappa shape index (κ1) is 11.1. The van der Waals surface area contributed by atoms with Gasteiger partial charge in [-0.1, -0.05) is 0 Å². The minimum Gasteiger partial charge on any atom is -0.481 e. The van der Waals surface area contributed by atoms with Crippen LogP contribution >= 0.6 is 12.4 Å². The molecule has 2 N–H and O–H groups in total. The minimum absolute atomic E-state index is 0. The summed E-state index contributed by atoms with van der Waals surface area (Å²) in [7, 11) is 0. The summed E-state index contributed by atoms with van der Waals surface area (Å²) in [6, 6.07) is 1.83. The largest absolute Gasteiger partial charge is 0.481 e. The lowest BCUT2D eigenvalue weighted by Crippen LogP contribution is -2.20. The Kier molecular flexibility index (Phi) is 3.55. The van der Waals surface area contributed by atoms with Crippen LogP contribution < -0.4 is 5.32 Å². The summed E-state index contributed by atoms with van der Waals surface area (Å²) in [5.41, 5.74) is 0.970. The first-order valence-corrected chi connectivity index (χ1v) is 4.24. The van der Waals surface area contributed by atoms with Gasteiger partial charge in [-0.3, -0.25) is 4.79 Å². The van der Waals surface area contributed by atoms with Crippen LogP contribution in [-0.4, -0.2) is 24.2 Å². The van der Waals surface area contributed by atoms with Crippen molar-refractivity contribution in [1.82, 2.24) is 5.32 Å². The van der Waals surface area contributed by atoms with E-state index in [1.54, 1.807) is 12.5 Å². The average molecular weight is 218 g/mol. The van der Waals surface area contributed by atoms with Crippen LogP contribution in [0.3, 0.4) is 0 Å². The summed E-state index contributed by atoms with van der Waals surface area (Å²) in [5, 5.41) is 12.0. The molecule has 0 aromatic carbocycles. The van der Waals surface area contributed by atoms with Gasteiger partial charge < -0.3 is 14.8 Å². The van der Waals surface area contributed by atoms with Crippen molar-refractivity contribution in [3.8, 4) is 0 Å². The second-order valence-corrected chi connectivity index (χ2v) is 3.27. The van der Waals surface area contributed by atoms with E-state index >= 15 is 0 Å². The third kappa shape index (κ3) is 1.91. The highest BCUT2D eigenvalue weighted by Crippen LogP contribution is 2.28. The van der Waals surface area contributed by atoms with Gasteiger partial charge >= 0.3 is 5.97 Å². The number of hydrogen-bond donors (Lipinski definition) is 2. The van der Waals surface area contributed by atoms with Gasteiger partial charge in [-0.25, -0.2) is 0 Å². The third-order valence-electron chi connectivity index (χ3n) is 2.50. The summed E-state index contributed by atoms with van der Waals surface area (Å²) < 4.78 is 4.93. The zero-order valence-electron chi connectivity index (χ0n) is 7.47. The van der Waals surface area contributed by atoms with Crippen LogP contribution in [0.1, 0.15) is 11.5 Å². The molecule has 14 heavy (non-hydrogen) atoms. The van der Waals surface area contributed by atoms with Crippen molar-refractivity contribution in [2.75, 3.05) is 13.1 Å². The Bertz CT molecular complexity index is 299. The highest BCUT2D eigenvalue weighted by atomic mass is 35.5. The maximum atomic E-state index is 10.8. The molecule has 1 aromatic heterocycles. The maximum Gasteiger partial charge on any atom is 0.308 e. The average Bonchev–Trinajstić information content (AvgIpc) is 2.74. The SMILES string of the molecule is Cl.O=C(O)C1CNCC1c1ccoc1. The van der Waals surface area contributed by atoms with Crippen LogP contribution in [0, 0.1) is 5.92 Å². The van der Waals surface area contributed by atoms with Crippen LogP contribution in [0.15, 0.2) is 23.0 Å². The Morgan fingerprint density at radius 1 is 1.57 bits per heavy atom. The summed E-state index contributed by atoms with van der Waals surface area (Å²) in [5.74, 6) is -1.01. The molecule has 2 heterocycles. The molecular weight excluding hydrogens is 206 g/mol. The lowest BCUT2D eigenvalue weighted by atomic mass is 9.91. The Balaban J connectivity index is 0.000000980. The van der Waals surface area contributed by atoms with Crippen molar-refractivity contribution in [3.05, 3.63) is 24.2 Å². The molecule has 2 unspecified atom stereocenters. The van der Waals surface area contributed by atoms with Gasteiger partial charge in [0.2, 0.25) is 0 Å². The van der Waals surface area contributed by atoms with Gasteiger partial charge in [0.1, 0.15) is 0 Å². The van der Waals surface area contributed by atoms with E-state index in [-0.39, 0.29) is 24.2 Å². The second kappa shape index (κ2) is 4.48. The standard InChI is InChI=1S/C9H11NO3.ClH/c11-9(12)8-4-10-3-7(8)6-1-2-13-5-6;/h1-2,5,7-8,10H,3-4H2,(H,11,12);1H. The summed E-state index contributed by atoms with van der Waals surface area (Å²) in [6.45, 7) is 1.27. The zero-order valence-corrected chi connectivity index (χ0v) is 8.29. The molecular formula is C9H12ClNO3. The normalized spacial score (nSPS) is 25.7. The molecule has 2 atom stereocenters. The first-order chi connectivity index (χ1) is 6.29. The van der Waals surface area contributed by atoms with E-state index in [9.17, 15) is 4.79 Å². The molecule has 1 aliphatic rings. The number of halogens is 1. The number of carbonyl (C=O) groups is 1. The summed E-state index contributed by atoms with van der Waals surface area (Å²) in [4.78, 5) is 10.8. The number of carboxylic acid groups (broad SMARTS) is 1. The molecule has 0 spiro atoms. The molecule has 1 aromatic rings. The molecule has 5 heteroatoms. The van der Waals surface area contributed by atoms with Gasteiger partial charge in [-0.05, 0) is 11.6 Å². The highest BCUT2D eigenvalue weighted by Gasteiger charge is 2.34. The van der Waals surface area contributed by atoms with E-state index < -0.39 is 5.97 Å². The lowest BCUT2D eigenvalue weighted by molar-refractivity contribution is -0.141. The van der Waals surface area contributed by atoms with Crippen LogP contribution in [0.5, 0.6) is 0 Å². The van der Waals surface area contributed by atoms with Gasteiger partial charge in [0.25, 0.3) is 0 Å². The third-order valence-corrected chi connectivity index (χ3v) is 2.50. The highest BCUT2D eigenvalue weighted by molar-refractivity contribution is 5.85. The van der Waals surface area contributed by atoms with Crippen molar-refractivity contribution in [1.29, 1.82) is 0 Å². The van der Waals surface area contributed by atoms with Crippen molar-refractivity contribution in [2.45, 2.75) is 5.92 Å².